The Morgan fingerprint density at radius 1 is 1.31 bits per heavy atom. The summed E-state index contributed by atoms with van der Waals surface area (Å²) in [4.78, 5) is 34.3. The van der Waals surface area contributed by atoms with Gasteiger partial charge in [0, 0.05) is 37.2 Å². The number of hydrogen-bond donors (Lipinski definition) is 3. The Kier molecular flexibility index (Phi) is 7.53. The number of hydrogen-bond acceptors (Lipinski definition) is 8. The van der Waals surface area contributed by atoms with Gasteiger partial charge in [0.05, 0.1) is 18.3 Å². The Morgan fingerprint density at radius 2 is 2.00 bits per heavy atom. The Bertz CT molecular complexity index is 1070. The van der Waals surface area contributed by atoms with Crippen LogP contribution in [0.4, 0.5) is 18.0 Å². The molecule has 3 rings (SSSR count). The first-order valence-electron chi connectivity index (χ1n) is 11.4. The first kappa shape index (κ1) is 27.2. The second-order valence-electron chi connectivity index (χ2n) is 9.94. The minimum Gasteiger partial charge on any atom is -0.444 e. The second-order valence-corrected chi connectivity index (χ2v) is 9.94. The summed E-state index contributed by atoms with van der Waals surface area (Å²) in [5.74, 6) is -1.24. The topological polar surface area (TPSA) is 145 Å². The lowest BCUT2D eigenvalue weighted by Crippen LogP contribution is -2.59. The van der Waals surface area contributed by atoms with Gasteiger partial charge in [-0.3, -0.25) is 4.79 Å². The molecule has 0 bridgehead atoms. The highest BCUT2D eigenvalue weighted by Crippen LogP contribution is 2.33. The lowest BCUT2D eigenvalue weighted by Gasteiger charge is -2.33. The number of carbonyl (C=O) groups excluding carboxylic acids is 2. The van der Waals surface area contributed by atoms with Crippen LogP contribution in [0.1, 0.15) is 39.7 Å². The molecule has 1 saturated heterocycles. The standard InChI is InChI=1S/C23H31F3N6O4/c1-13-15(10-31-22(19(28)33)6-8-32(12-22)20(34)36-21(2,3)4)18(27)30-11-16(13)35-17-9-14(5-7-29-17)23(24,25)26/h5,7,9,11,13,15,31H,6,8,10,12H2,1-4H3,(H2,27,30)(H2,28,33)/t13-,15?,22?/m0/s1. The molecule has 3 atom stereocenters. The maximum atomic E-state index is 13.0. The van der Waals surface area contributed by atoms with Crippen molar-refractivity contribution in [2.24, 2.45) is 28.3 Å². The maximum Gasteiger partial charge on any atom is 0.416 e. The molecule has 198 valence electrons. The lowest BCUT2D eigenvalue weighted by molar-refractivity contribution is -0.137. The van der Waals surface area contributed by atoms with Crippen LogP contribution in [0.25, 0.3) is 0 Å². The van der Waals surface area contributed by atoms with Crippen LogP contribution < -0.4 is 21.5 Å². The summed E-state index contributed by atoms with van der Waals surface area (Å²) in [6.45, 7) is 7.44. The molecule has 5 N–H and O–H groups in total. The molecule has 0 saturated carbocycles. The van der Waals surface area contributed by atoms with Gasteiger partial charge in [0.1, 0.15) is 22.7 Å². The summed E-state index contributed by atoms with van der Waals surface area (Å²) in [7, 11) is 0. The molecule has 1 fully saturated rings. The third kappa shape index (κ3) is 6.25. The number of alkyl halides is 3. The van der Waals surface area contributed by atoms with Gasteiger partial charge < -0.3 is 31.2 Å². The van der Waals surface area contributed by atoms with Gasteiger partial charge in [-0.2, -0.15) is 13.2 Å². The third-order valence-corrected chi connectivity index (χ3v) is 6.11. The molecule has 0 spiro atoms. The van der Waals surface area contributed by atoms with Crippen LogP contribution in [0.3, 0.4) is 0 Å². The maximum absolute atomic E-state index is 13.0. The van der Waals surface area contributed by atoms with Gasteiger partial charge in [-0.15, -0.1) is 0 Å². The molecule has 2 amide bonds. The van der Waals surface area contributed by atoms with E-state index in [1.165, 1.54) is 11.1 Å². The number of nitrogens with two attached hydrogens (primary N) is 2. The zero-order chi connectivity index (χ0) is 26.9. The van der Waals surface area contributed by atoms with Gasteiger partial charge in [-0.05, 0) is 33.3 Å². The van der Waals surface area contributed by atoms with Gasteiger partial charge in [0.2, 0.25) is 11.8 Å². The molecule has 1 aromatic rings. The molecular formula is C23H31F3N6O4. The monoisotopic (exact) mass is 512 g/mol. The fourth-order valence-corrected chi connectivity index (χ4v) is 4.00. The molecule has 3 heterocycles. The van der Waals surface area contributed by atoms with Crippen molar-refractivity contribution in [2.75, 3.05) is 19.6 Å². The summed E-state index contributed by atoms with van der Waals surface area (Å²) in [5.41, 5.74) is 9.02. The van der Waals surface area contributed by atoms with E-state index in [1.807, 2.05) is 0 Å². The highest BCUT2D eigenvalue weighted by molar-refractivity contribution is 5.87. The fourth-order valence-electron chi connectivity index (χ4n) is 4.00. The number of allylic oxidation sites excluding steroid dienone is 1. The van der Waals surface area contributed by atoms with Crippen LogP contribution in [0, 0.1) is 11.8 Å². The summed E-state index contributed by atoms with van der Waals surface area (Å²) >= 11 is 0. The summed E-state index contributed by atoms with van der Waals surface area (Å²) in [6.07, 6.45) is -2.47. The zero-order valence-corrected chi connectivity index (χ0v) is 20.6. The molecule has 1 aromatic heterocycles. The summed E-state index contributed by atoms with van der Waals surface area (Å²) in [6, 6.07) is 1.65. The van der Waals surface area contributed by atoms with Crippen LogP contribution >= 0.6 is 0 Å². The SMILES string of the molecule is C[C@@H]1C(Oc2cc(C(F)(F)F)ccn2)=CN=C(N)C1CNC1(C(N)=O)CCN(C(=O)OC(C)(C)C)C1. The number of amides is 2. The fraction of sp³-hybridized carbons (Fsp3) is 0.565. The number of rotatable bonds is 6. The molecule has 2 unspecified atom stereocenters. The van der Waals surface area contributed by atoms with Gasteiger partial charge in [-0.1, -0.05) is 6.92 Å². The first-order valence-corrected chi connectivity index (χ1v) is 11.4. The largest absolute Gasteiger partial charge is 0.444 e. The molecular weight excluding hydrogens is 481 g/mol. The van der Waals surface area contributed by atoms with Crippen LogP contribution in [-0.2, 0) is 15.7 Å². The van der Waals surface area contributed by atoms with Crippen molar-refractivity contribution in [3.8, 4) is 5.88 Å². The van der Waals surface area contributed by atoms with E-state index in [4.69, 9.17) is 20.9 Å². The van der Waals surface area contributed by atoms with E-state index in [0.29, 0.717) is 0 Å². The lowest BCUT2D eigenvalue weighted by atomic mass is 9.88. The highest BCUT2D eigenvalue weighted by Gasteiger charge is 2.46. The molecule has 0 aliphatic carbocycles. The normalized spacial score (nSPS) is 24.7. The van der Waals surface area contributed by atoms with Crippen molar-refractivity contribution < 1.29 is 32.2 Å². The van der Waals surface area contributed by atoms with Crippen LogP contribution in [0.15, 0.2) is 35.3 Å². The van der Waals surface area contributed by atoms with E-state index >= 15 is 0 Å². The average molecular weight is 513 g/mol. The Labute approximate surface area is 206 Å². The van der Waals surface area contributed by atoms with Gasteiger partial charge in [0.15, 0.2) is 0 Å². The van der Waals surface area contributed by atoms with E-state index in [0.717, 1.165) is 18.3 Å². The predicted molar refractivity (Wildman–Crippen MR) is 125 cm³/mol. The molecule has 13 heteroatoms. The van der Waals surface area contributed by atoms with Crippen molar-refractivity contribution in [2.45, 2.75) is 51.4 Å². The molecule has 2 aliphatic heterocycles. The van der Waals surface area contributed by atoms with E-state index < -0.39 is 46.7 Å². The second kappa shape index (κ2) is 9.96. The predicted octanol–water partition coefficient (Wildman–Crippen LogP) is 2.40. The van der Waals surface area contributed by atoms with Crippen molar-refractivity contribution >= 4 is 17.8 Å². The van der Waals surface area contributed by atoms with Gasteiger partial charge in [-0.25, -0.2) is 14.8 Å². The van der Waals surface area contributed by atoms with Crippen LogP contribution in [0.5, 0.6) is 5.88 Å². The smallest absolute Gasteiger partial charge is 0.416 e. The number of aliphatic imine (C=N–C) groups is 1. The number of aromatic nitrogens is 1. The summed E-state index contributed by atoms with van der Waals surface area (Å²) < 4.78 is 50.1. The zero-order valence-electron chi connectivity index (χ0n) is 20.6. The number of amidine groups is 1. The van der Waals surface area contributed by atoms with E-state index in [-0.39, 0.29) is 43.5 Å². The summed E-state index contributed by atoms with van der Waals surface area (Å²) in [5, 5.41) is 3.15. The first-order chi connectivity index (χ1) is 16.6. The third-order valence-electron chi connectivity index (χ3n) is 6.11. The van der Waals surface area contributed by atoms with E-state index in [2.05, 4.69) is 15.3 Å². The number of primary amides is 1. The Hall–Kier alpha value is -3.35. The molecule has 0 radical (unpaired) electrons. The van der Waals surface area contributed by atoms with Crippen LogP contribution in [-0.4, -0.2) is 58.5 Å². The van der Waals surface area contributed by atoms with Crippen molar-refractivity contribution in [3.05, 3.63) is 35.9 Å². The highest BCUT2D eigenvalue weighted by atomic mass is 19.4. The number of ether oxygens (including phenoxy) is 2. The van der Waals surface area contributed by atoms with E-state index in [1.54, 1.807) is 27.7 Å². The minimum absolute atomic E-state index is 0.0166. The van der Waals surface area contributed by atoms with Crippen molar-refractivity contribution in [1.29, 1.82) is 0 Å². The number of nitrogens with one attached hydrogen (secondary N) is 1. The average Bonchev–Trinajstić information content (AvgIpc) is 3.20. The minimum atomic E-state index is -4.54. The van der Waals surface area contributed by atoms with E-state index in [9.17, 15) is 22.8 Å². The molecule has 36 heavy (non-hydrogen) atoms. The van der Waals surface area contributed by atoms with Gasteiger partial charge in [0.25, 0.3) is 0 Å². The molecule has 10 nitrogen and oxygen atoms in total. The molecule has 2 aliphatic rings. The Balaban J connectivity index is 1.69. The number of nitrogens with zero attached hydrogens (tertiary/aromatic N) is 3. The Morgan fingerprint density at radius 3 is 2.61 bits per heavy atom. The van der Waals surface area contributed by atoms with Gasteiger partial charge >= 0.3 is 12.3 Å². The van der Waals surface area contributed by atoms with Crippen LogP contribution in [0.2, 0.25) is 0 Å². The number of pyridine rings is 1. The number of halogens is 3. The number of likely N-dealkylation sites (tertiary alicyclic amines) is 1. The molecule has 0 aromatic carbocycles. The number of carbonyl (C=O) groups is 2. The quantitative estimate of drug-likeness (QED) is 0.531. The van der Waals surface area contributed by atoms with Crippen molar-refractivity contribution in [3.63, 3.8) is 0 Å². The van der Waals surface area contributed by atoms with Crippen molar-refractivity contribution in [1.82, 2.24) is 15.2 Å².